The van der Waals surface area contributed by atoms with Crippen molar-refractivity contribution in [3.63, 3.8) is 0 Å². The Bertz CT molecular complexity index is 1310. The normalized spacial score (nSPS) is 40.9. The molecule has 0 aromatic carbocycles. The number of ether oxygens (including phenoxy) is 4. The molecule has 59 heavy (non-hydrogen) atoms. The maximum absolute atomic E-state index is 13.8. The Morgan fingerprint density at radius 3 is 1.34 bits per heavy atom. The quantitative estimate of drug-likeness (QED) is 0.148. The molecule has 0 aliphatic heterocycles. The highest BCUT2D eigenvalue weighted by Crippen LogP contribution is 2.66. The fourth-order valence-electron chi connectivity index (χ4n) is 15.2. The van der Waals surface area contributed by atoms with Gasteiger partial charge >= 0.3 is 11.9 Å². The van der Waals surface area contributed by atoms with Crippen LogP contribution in [-0.2, 0) is 28.5 Å². The lowest BCUT2D eigenvalue weighted by Crippen LogP contribution is -2.56. The lowest BCUT2D eigenvalue weighted by atomic mass is 9.43. The van der Waals surface area contributed by atoms with Crippen molar-refractivity contribution in [2.75, 3.05) is 39.6 Å². The summed E-state index contributed by atoms with van der Waals surface area (Å²) < 4.78 is 23.6. The third-order valence-corrected chi connectivity index (χ3v) is 18.6. The van der Waals surface area contributed by atoms with Gasteiger partial charge in [-0.25, -0.2) is 0 Å². The number of rotatable bonds is 16. The van der Waals surface area contributed by atoms with Crippen LogP contribution in [0.5, 0.6) is 0 Å². The Labute approximate surface area is 359 Å². The van der Waals surface area contributed by atoms with Gasteiger partial charge in [-0.15, -0.1) is 0 Å². The van der Waals surface area contributed by atoms with Crippen LogP contribution >= 0.6 is 0 Å². The molecule has 0 aromatic heterocycles. The molecule has 6 rings (SSSR count). The molecular formula is C51H88O8. The minimum absolute atomic E-state index is 0.0621. The lowest BCUT2D eigenvalue weighted by Gasteiger charge is -2.61. The molecule has 2 N–H and O–H groups in total. The van der Waals surface area contributed by atoms with Crippen LogP contribution < -0.4 is 0 Å². The second kappa shape index (κ2) is 18.9. The van der Waals surface area contributed by atoms with Gasteiger partial charge in [0.15, 0.2) is 0 Å². The second-order valence-electron chi connectivity index (χ2n) is 23.9. The number of fused-ring (bicyclic) bond motifs is 6. The molecule has 0 amide bonds. The summed E-state index contributed by atoms with van der Waals surface area (Å²) in [7, 11) is 0. The first-order valence-electron chi connectivity index (χ1n) is 24.6. The molecule has 0 aromatic rings. The summed E-state index contributed by atoms with van der Waals surface area (Å²) in [6, 6.07) is 0. The molecule has 0 heterocycles. The Balaban J connectivity index is 0.883. The maximum atomic E-state index is 13.8. The van der Waals surface area contributed by atoms with E-state index in [1.807, 2.05) is 13.8 Å². The topological polar surface area (TPSA) is 112 Å². The van der Waals surface area contributed by atoms with E-state index in [9.17, 15) is 19.8 Å². The molecule has 14 unspecified atom stereocenters. The van der Waals surface area contributed by atoms with Gasteiger partial charge in [-0.2, -0.15) is 0 Å². The summed E-state index contributed by atoms with van der Waals surface area (Å²) in [6.07, 6.45) is 16.9. The van der Waals surface area contributed by atoms with Crippen molar-refractivity contribution in [2.45, 2.75) is 184 Å². The fourth-order valence-corrected chi connectivity index (χ4v) is 15.2. The molecule has 6 aliphatic carbocycles. The van der Waals surface area contributed by atoms with Crippen molar-refractivity contribution >= 4 is 11.9 Å². The van der Waals surface area contributed by atoms with E-state index >= 15 is 0 Å². The van der Waals surface area contributed by atoms with E-state index in [4.69, 9.17) is 18.9 Å². The Kier molecular flexibility index (Phi) is 15.1. The van der Waals surface area contributed by atoms with Crippen molar-refractivity contribution < 1.29 is 38.7 Å². The van der Waals surface area contributed by atoms with E-state index in [2.05, 4.69) is 55.4 Å². The fraction of sp³-hybridized carbons (Fsp3) is 0.961. The minimum atomic E-state index is -0.911. The average Bonchev–Trinajstić information content (AvgIpc) is 3.18. The molecule has 8 heteroatoms. The molecule has 0 spiro atoms. The molecule has 6 aliphatic rings. The van der Waals surface area contributed by atoms with Crippen LogP contribution in [0, 0.1) is 86.3 Å². The first-order valence-corrected chi connectivity index (χ1v) is 24.6. The minimum Gasteiger partial charge on any atom is -0.462 e. The summed E-state index contributed by atoms with van der Waals surface area (Å²) in [5, 5.41) is 21.6. The van der Waals surface area contributed by atoms with Gasteiger partial charge < -0.3 is 29.2 Å². The van der Waals surface area contributed by atoms with E-state index in [-0.39, 0.29) is 54.6 Å². The summed E-state index contributed by atoms with van der Waals surface area (Å²) in [5.41, 5.74) is -1.07. The van der Waals surface area contributed by atoms with Gasteiger partial charge in [0.1, 0.15) is 25.4 Å². The summed E-state index contributed by atoms with van der Waals surface area (Å²) in [5.74, 6) is 6.46. The van der Waals surface area contributed by atoms with Crippen LogP contribution in [0.3, 0.4) is 0 Å². The monoisotopic (exact) mass is 829 g/mol. The highest BCUT2D eigenvalue weighted by Gasteiger charge is 2.61. The van der Waals surface area contributed by atoms with Crippen LogP contribution in [0.2, 0.25) is 0 Å². The van der Waals surface area contributed by atoms with Gasteiger partial charge in [0.2, 0.25) is 0 Å². The smallest absolute Gasteiger partial charge is 0.312 e. The number of carbonyl (C=O) groups excluding carboxylic acids is 2. The molecule has 0 radical (unpaired) electrons. The van der Waals surface area contributed by atoms with E-state index in [0.29, 0.717) is 36.9 Å². The molecule has 8 nitrogen and oxygen atoms in total. The third kappa shape index (κ3) is 9.96. The molecular weight excluding hydrogens is 741 g/mol. The van der Waals surface area contributed by atoms with E-state index < -0.39 is 23.0 Å². The van der Waals surface area contributed by atoms with Crippen molar-refractivity contribution in [2.24, 2.45) is 86.3 Å². The molecule has 6 fully saturated rings. The zero-order chi connectivity index (χ0) is 43.0. The molecule has 340 valence electrons. The number of hydrogen-bond donors (Lipinski definition) is 2. The average molecular weight is 829 g/mol. The van der Waals surface area contributed by atoms with Gasteiger partial charge in [-0.1, -0.05) is 68.2 Å². The third-order valence-electron chi connectivity index (χ3n) is 18.6. The van der Waals surface area contributed by atoms with Crippen molar-refractivity contribution in [1.29, 1.82) is 0 Å². The SMILES string of the molecule is CC(C)C1CCC2C(CCC3C(C)(C(=O)OCC(O)COCC(C)(C)COCC(O)COC(=O)C4(C)CCCC5(C)C6CCC(C(C)C)CC6CCC45)CCCC23C)C1. The van der Waals surface area contributed by atoms with E-state index in [0.717, 1.165) is 74.0 Å². The predicted molar refractivity (Wildman–Crippen MR) is 233 cm³/mol. The highest BCUT2D eigenvalue weighted by atomic mass is 16.6. The maximum Gasteiger partial charge on any atom is 0.312 e. The van der Waals surface area contributed by atoms with Crippen molar-refractivity contribution in [1.82, 2.24) is 0 Å². The molecule has 14 atom stereocenters. The molecule has 6 saturated carbocycles. The van der Waals surface area contributed by atoms with Gasteiger partial charge in [-0.05, 0) is 174 Å². The van der Waals surface area contributed by atoms with Crippen LogP contribution in [0.15, 0.2) is 0 Å². The second-order valence-corrected chi connectivity index (χ2v) is 23.9. The zero-order valence-corrected chi connectivity index (χ0v) is 39.3. The van der Waals surface area contributed by atoms with Crippen LogP contribution in [0.25, 0.3) is 0 Å². The number of hydrogen-bond acceptors (Lipinski definition) is 8. The molecule has 0 bridgehead atoms. The number of aliphatic hydroxyl groups is 2. The van der Waals surface area contributed by atoms with Crippen LogP contribution in [-0.4, -0.2) is 74.0 Å². The van der Waals surface area contributed by atoms with E-state index in [1.165, 1.54) is 64.2 Å². The number of carbonyl (C=O) groups is 2. The van der Waals surface area contributed by atoms with E-state index in [1.54, 1.807) is 0 Å². The first kappa shape index (κ1) is 47.3. The summed E-state index contributed by atoms with van der Waals surface area (Å²) in [4.78, 5) is 27.6. The summed E-state index contributed by atoms with van der Waals surface area (Å²) >= 11 is 0. The predicted octanol–water partition coefficient (Wildman–Crippen LogP) is 10.4. The summed E-state index contributed by atoms with van der Waals surface area (Å²) in [6.45, 7) is 23.4. The van der Waals surface area contributed by atoms with Crippen LogP contribution in [0.1, 0.15) is 172 Å². The zero-order valence-electron chi connectivity index (χ0n) is 39.3. The Morgan fingerprint density at radius 2 is 0.966 bits per heavy atom. The highest BCUT2D eigenvalue weighted by molar-refractivity contribution is 5.77. The van der Waals surface area contributed by atoms with Crippen molar-refractivity contribution in [3.8, 4) is 0 Å². The number of esters is 2. The Hall–Kier alpha value is -1.22. The standard InChI is InChI=1S/C51H88O8/c1-33(2)35-13-17-41-37(25-35)15-19-43-48(41,7)21-11-23-50(43,9)45(54)58-29-39(52)27-56-31-47(5,6)32-57-28-40(53)30-59-46(55)51(10)24-12-22-49(8)42-18-14-36(34(3)4)26-38(42)16-20-44(49)51/h33-44,52-53H,11-32H2,1-10H3. The van der Waals surface area contributed by atoms with Crippen LogP contribution in [0.4, 0.5) is 0 Å². The van der Waals surface area contributed by atoms with Gasteiger partial charge in [0.25, 0.3) is 0 Å². The van der Waals surface area contributed by atoms with Gasteiger partial charge in [-0.3, -0.25) is 9.59 Å². The number of aliphatic hydroxyl groups excluding tert-OH is 2. The largest absolute Gasteiger partial charge is 0.462 e. The Morgan fingerprint density at radius 1 is 0.576 bits per heavy atom. The molecule has 0 saturated heterocycles. The van der Waals surface area contributed by atoms with Gasteiger partial charge in [0, 0.05) is 5.41 Å². The van der Waals surface area contributed by atoms with Gasteiger partial charge in [0.05, 0.1) is 37.3 Å². The van der Waals surface area contributed by atoms with Crippen molar-refractivity contribution in [3.05, 3.63) is 0 Å². The first-order chi connectivity index (χ1) is 27.7. The lowest BCUT2D eigenvalue weighted by molar-refractivity contribution is -0.182.